The van der Waals surface area contributed by atoms with E-state index in [4.69, 9.17) is 10.2 Å². The maximum absolute atomic E-state index is 6.09. The molecule has 16 heavy (non-hydrogen) atoms. The van der Waals surface area contributed by atoms with Gasteiger partial charge in [0.2, 0.25) is 0 Å². The fourth-order valence-corrected chi connectivity index (χ4v) is 2.10. The lowest BCUT2D eigenvalue weighted by molar-refractivity contribution is 0.444. The van der Waals surface area contributed by atoms with Crippen molar-refractivity contribution in [1.82, 2.24) is 0 Å². The van der Waals surface area contributed by atoms with Crippen molar-refractivity contribution >= 4 is 15.9 Å². The molecule has 0 spiro atoms. The van der Waals surface area contributed by atoms with Crippen LogP contribution in [-0.4, -0.2) is 0 Å². The molecule has 2 rings (SSSR count). The van der Waals surface area contributed by atoms with E-state index >= 15 is 0 Å². The number of hydrogen-bond acceptors (Lipinski definition) is 2. The maximum Gasteiger partial charge on any atom is 0.121 e. The first-order valence-corrected chi connectivity index (χ1v) is 6.01. The van der Waals surface area contributed by atoms with Gasteiger partial charge in [-0.2, -0.15) is 0 Å². The van der Waals surface area contributed by atoms with Crippen molar-refractivity contribution in [2.75, 3.05) is 0 Å². The fraction of sp³-hybridized carbons (Fsp3) is 0.231. The van der Waals surface area contributed by atoms with Crippen LogP contribution < -0.4 is 5.73 Å². The van der Waals surface area contributed by atoms with E-state index in [-0.39, 0.29) is 6.04 Å². The molecule has 3 heteroatoms. The normalized spacial score (nSPS) is 12.7. The summed E-state index contributed by atoms with van der Waals surface area (Å²) in [5.74, 6) is 1.74. The highest BCUT2D eigenvalue weighted by atomic mass is 79.9. The van der Waals surface area contributed by atoms with E-state index < -0.39 is 0 Å². The van der Waals surface area contributed by atoms with Gasteiger partial charge in [-0.25, -0.2) is 0 Å². The van der Waals surface area contributed by atoms with Gasteiger partial charge in [-0.1, -0.05) is 34.1 Å². The Kier molecular flexibility index (Phi) is 3.46. The number of aryl methyl sites for hydroxylation is 1. The fourth-order valence-electron chi connectivity index (χ4n) is 1.65. The zero-order valence-electron chi connectivity index (χ0n) is 9.11. The Morgan fingerprint density at radius 1 is 1.25 bits per heavy atom. The van der Waals surface area contributed by atoms with Gasteiger partial charge in [0, 0.05) is 4.47 Å². The molecule has 1 aromatic carbocycles. The number of furan rings is 1. The second-order valence-electron chi connectivity index (χ2n) is 3.85. The molecule has 2 nitrogen and oxygen atoms in total. The highest BCUT2D eigenvalue weighted by molar-refractivity contribution is 9.10. The van der Waals surface area contributed by atoms with Crippen LogP contribution in [0.2, 0.25) is 0 Å². The number of nitrogens with two attached hydrogens (primary N) is 1. The summed E-state index contributed by atoms with van der Waals surface area (Å²) in [6.07, 6.45) is 0.772. The Morgan fingerprint density at radius 3 is 2.62 bits per heavy atom. The van der Waals surface area contributed by atoms with E-state index in [1.54, 1.807) is 0 Å². The monoisotopic (exact) mass is 279 g/mol. The number of hydrogen-bond donors (Lipinski definition) is 1. The van der Waals surface area contributed by atoms with Gasteiger partial charge in [0.1, 0.15) is 11.5 Å². The predicted octanol–water partition coefficient (Wildman–Crippen LogP) is 3.59. The van der Waals surface area contributed by atoms with E-state index in [0.717, 1.165) is 22.4 Å². The Balaban J connectivity index is 2.13. The van der Waals surface area contributed by atoms with Gasteiger partial charge >= 0.3 is 0 Å². The van der Waals surface area contributed by atoms with E-state index in [1.807, 2.05) is 37.3 Å². The summed E-state index contributed by atoms with van der Waals surface area (Å²) >= 11 is 3.52. The van der Waals surface area contributed by atoms with E-state index in [9.17, 15) is 0 Å². The molecule has 0 radical (unpaired) electrons. The molecule has 0 aliphatic heterocycles. The highest BCUT2D eigenvalue weighted by Crippen LogP contribution is 2.23. The minimum atomic E-state index is -0.0904. The third-order valence-corrected chi connectivity index (χ3v) is 3.30. The molecule has 0 saturated heterocycles. The Morgan fingerprint density at radius 2 is 2.00 bits per heavy atom. The largest absolute Gasteiger partial charge is 0.465 e. The van der Waals surface area contributed by atoms with Gasteiger partial charge in [0.05, 0.1) is 6.04 Å². The molecule has 84 valence electrons. The summed E-state index contributed by atoms with van der Waals surface area (Å²) in [7, 11) is 0. The molecule has 1 heterocycles. The third kappa shape index (κ3) is 2.54. The Hall–Kier alpha value is -1.06. The molecule has 0 saturated carbocycles. The van der Waals surface area contributed by atoms with Crippen molar-refractivity contribution < 1.29 is 4.42 Å². The van der Waals surface area contributed by atoms with Gasteiger partial charge in [0.15, 0.2) is 0 Å². The first-order valence-electron chi connectivity index (χ1n) is 5.22. The summed E-state index contributed by atoms with van der Waals surface area (Å²) in [5.41, 5.74) is 7.29. The molecular weight excluding hydrogens is 266 g/mol. The van der Waals surface area contributed by atoms with Crippen LogP contribution in [-0.2, 0) is 6.42 Å². The zero-order valence-corrected chi connectivity index (χ0v) is 10.7. The van der Waals surface area contributed by atoms with Crippen LogP contribution in [0.4, 0.5) is 0 Å². The first-order chi connectivity index (χ1) is 7.66. The van der Waals surface area contributed by atoms with Crippen LogP contribution in [0, 0.1) is 6.92 Å². The quantitative estimate of drug-likeness (QED) is 0.933. The van der Waals surface area contributed by atoms with Crippen LogP contribution in [0.15, 0.2) is 45.3 Å². The molecule has 2 N–H and O–H groups in total. The molecular formula is C13H14BrNO. The zero-order chi connectivity index (χ0) is 11.5. The molecule has 1 atom stereocenters. The molecule has 2 aromatic rings. The van der Waals surface area contributed by atoms with Crippen molar-refractivity contribution in [3.05, 3.63) is 58.0 Å². The molecule has 0 amide bonds. The van der Waals surface area contributed by atoms with Crippen molar-refractivity contribution in [3.63, 3.8) is 0 Å². The average Bonchev–Trinajstić information content (AvgIpc) is 2.68. The average molecular weight is 280 g/mol. The highest BCUT2D eigenvalue weighted by Gasteiger charge is 2.12. The molecule has 0 aliphatic carbocycles. The smallest absolute Gasteiger partial charge is 0.121 e. The summed E-state index contributed by atoms with van der Waals surface area (Å²) in [4.78, 5) is 0. The second kappa shape index (κ2) is 4.85. The standard InChI is InChI=1S/C13H14BrNO/c1-9-6-7-13(16-9)12(15)8-10-4-2-3-5-11(10)14/h2-7,12H,8,15H2,1H3. The lowest BCUT2D eigenvalue weighted by Crippen LogP contribution is -2.12. The summed E-state index contributed by atoms with van der Waals surface area (Å²) in [6.45, 7) is 1.93. The minimum absolute atomic E-state index is 0.0904. The topological polar surface area (TPSA) is 39.2 Å². The van der Waals surface area contributed by atoms with Crippen molar-refractivity contribution in [3.8, 4) is 0 Å². The third-order valence-electron chi connectivity index (χ3n) is 2.52. The van der Waals surface area contributed by atoms with Crippen molar-refractivity contribution in [2.45, 2.75) is 19.4 Å². The van der Waals surface area contributed by atoms with Crippen LogP contribution >= 0.6 is 15.9 Å². The van der Waals surface area contributed by atoms with E-state index in [0.29, 0.717) is 0 Å². The number of benzene rings is 1. The Bertz CT molecular complexity index is 478. The molecule has 1 unspecified atom stereocenters. The number of halogens is 1. The molecule has 0 fully saturated rings. The lowest BCUT2D eigenvalue weighted by Gasteiger charge is -2.10. The maximum atomic E-state index is 6.09. The van der Waals surface area contributed by atoms with Gasteiger partial charge in [0.25, 0.3) is 0 Å². The van der Waals surface area contributed by atoms with Gasteiger partial charge < -0.3 is 10.2 Å². The van der Waals surface area contributed by atoms with Crippen LogP contribution in [0.3, 0.4) is 0 Å². The van der Waals surface area contributed by atoms with E-state index in [1.165, 1.54) is 5.56 Å². The van der Waals surface area contributed by atoms with Crippen molar-refractivity contribution in [2.24, 2.45) is 5.73 Å². The second-order valence-corrected chi connectivity index (χ2v) is 4.70. The number of rotatable bonds is 3. The molecule has 1 aromatic heterocycles. The lowest BCUT2D eigenvalue weighted by atomic mass is 10.1. The minimum Gasteiger partial charge on any atom is -0.465 e. The summed E-state index contributed by atoms with van der Waals surface area (Å²) in [6, 6.07) is 11.9. The van der Waals surface area contributed by atoms with Gasteiger partial charge in [-0.3, -0.25) is 0 Å². The first kappa shape index (κ1) is 11.4. The van der Waals surface area contributed by atoms with Crippen LogP contribution in [0.5, 0.6) is 0 Å². The van der Waals surface area contributed by atoms with Gasteiger partial charge in [-0.15, -0.1) is 0 Å². The summed E-state index contributed by atoms with van der Waals surface area (Å²) < 4.78 is 6.61. The Labute approximate surface area is 104 Å². The van der Waals surface area contributed by atoms with Crippen LogP contribution in [0.1, 0.15) is 23.1 Å². The molecule has 0 bridgehead atoms. The van der Waals surface area contributed by atoms with Crippen LogP contribution in [0.25, 0.3) is 0 Å². The summed E-state index contributed by atoms with van der Waals surface area (Å²) in [5, 5.41) is 0. The van der Waals surface area contributed by atoms with Crippen molar-refractivity contribution in [1.29, 1.82) is 0 Å². The SMILES string of the molecule is Cc1ccc(C(N)Cc2ccccc2Br)o1. The van der Waals surface area contributed by atoms with Gasteiger partial charge in [-0.05, 0) is 37.1 Å². The predicted molar refractivity (Wildman–Crippen MR) is 68.2 cm³/mol. The van der Waals surface area contributed by atoms with E-state index in [2.05, 4.69) is 22.0 Å². The molecule has 0 aliphatic rings.